The third kappa shape index (κ3) is 21.1. The van der Waals surface area contributed by atoms with E-state index in [-0.39, 0.29) is 147 Å². The molecule has 0 aromatic heterocycles. The molecule has 0 heterocycles. The zero-order chi connectivity index (χ0) is 27.4. The molecule has 0 aliphatic carbocycles. The van der Waals surface area contributed by atoms with Crippen LogP contribution < -0.4 is 130 Å². The Kier molecular flexibility index (Phi) is 31.9. The number of nitrogens with two attached hydrogens (primary N) is 2. The van der Waals surface area contributed by atoms with Crippen molar-refractivity contribution in [1.29, 1.82) is 0 Å². The Bertz CT molecular complexity index is 936. The maximum atomic E-state index is 10.5. The number of carbonyl (C=O) groups excluding carboxylic acids is 1. The van der Waals surface area contributed by atoms with Gasteiger partial charge in [-0.1, -0.05) is 11.6 Å². The van der Waals surface area contributed by atoms with Gasteiger partial charge in [0.15, 0.2) is 0 Å². The fraction of sp³-hybridized carbons (Fsp3) is 0.316. The Balaban J connectivity index is -0.000000140. The molecule has 37 heavy (non-hydrogen) atoms. The predicted octanol–water partition coefficient (Wildman–Crippen LogP) is -5.81. The average Bonchev–Trinajstić information content (AvgIpc) is 2.80. The zero-order valence-electron chi connectivity index (χ0n) is 22.0. The van der Waals surface area contributed by atoms with E-state index in [9.17, 15) is 20.2 Å². The van der Waals surface area contributed by atoms with Gasteiger partial charge in [-0.2, -0.15) is 0 Å². The summed E-state index contributed by atoms with van der Waals surface area (Å²) in [6, 6.07) is 8.53. The summed E-state index contributed by atoms with van der Waals surface area (Å²) in [7, 11) is 3.58. The molecule has 0 spiro atoms. The van der Waals surface area contributed by atoms with E-state index in [1.807, 2.05) is 0 Å². The Morgan fingerprint density at radius 2 is 1.51 bits per heavy atom. The van der Waals surface area contributed by atoms with Gasteiger partial charge in [0, 0.05) is 43.0 Å². The first-order valence-corrected chi connectivity index (χ1v) is 9.91. The number of halogens is 1. The topological polar surface area (TPSA) is 243 Å². The van der Waals surface area contributed by atoms with E-state index in [2.05, 4.69) is 10.2 Å². The molecule has 0 atom stereocenters. The minimum atomic E-state index is -0.550. The number of aliphatic hydroxyl groups is 2. The standard InChI is InChI=1S/C9H13N3O3.C6H5ClN2O2.C3H9NO.CH2O3.2K.H/c1-11(4-5-13)7-2-3-9(12(14)15)8(10)6-7;7-4-1-2-6(9(10)11)5(8)3-4;1-4-2-3-5;2-1-4-3;;;/h2-3,6,13H,4-5,10H2,1H3;1-3H,8H2;4-5H,2-3H2,1H3;1,3H;;;/q;;;;2*+1;-1/p-1. The van der Waals surface area contributed by atoms with Gasteiger partial charge in [-0.25, -0.2) is 0 Å². The molecule has 2 aromatic carbocycles. The van der Waals surface area contributed by atoms with E-state index in [1.165, 1.54) is 30.3 Å². The van der Waals surface area contributed by atoms with E-state index in [0.717, 1.165) is 5.69 Å². The van der Waals surface area contributed by atoms with Crippen molar-refractivity contribution in [3.63, 3.8) is 0 Å². The number of nitrogens with zero attached hydrogens (tertiary/aromatic N) is 3. The Hall–Kier alpha value is -0.487. The molecular weight excluding hydrogens is 570 g/mol. The Labute approximate surface area is 305 Å². The number of nitrogen functional groups attached to an aromatic ring is 2. The van der Waals surface area contributed by atoms with Crippen molar-refractivity contribution in [2.75, 3.05) is 56.8 Å². The third-order valence-electron chi connectivity index (χ3n) is 3.67. The van der Waals surface area contributed by atoms with Gasteiger partial charge in [0.2, 0.25) is 0 Å². The quantitative estimate of drug-likeness (QED) is 0.0475. The van der Waals surface area contributed by atoms with Crippen molar-refractivity contribution in [2.45, 2.75) is 0 Å². The van der Waals surface area contributed by atoms with Gasteiger partial charge in [-0.05, 0) is 31.3 Å². The summed E-state index contributed by atoms with van der Waals surface area (Å²) in [5.74, 6) is 0. The molecule has 0 fully saturated rings. The van der Waals surface area contributed by atoms with Crippen molar-refractivity contribution in [1.82, 2.24) is 5.32 Å². The summed E-state index contributed by atoms with van der Waals surface area (Å²) >= 11 is 5.52. The number of nitro benzene ring substituents is 2. The fourth-order valence-electron chi connectivity index (χ4n) is 2.03. The van der Waals surface area contributed by atoms with Crippen LogP contribution in [0.1, 0.15) is 1.43 Å². The van der Waals surface area contributed by atoms with Crippen molar-refractivity contribution in [3.05, 3.63) is 61.6 Å². The summed E-state index contributed by atoms with van der Waals surface area (Å²) in [5, 5.41) is 49.0. The maximum Gasteiger partial charge on any atom is 1.00 e. The van der Waals surface area contributed by atoms with E-state index in [4.69, 9.17) is 43.3 Å². The summed E-state index contributed by atoms with van der Waals surface area (Å²) in [4.78, 5) is 32.7. The van der Waals surface area contributed by atoms with Crippen LogP contribution in [0.4, 0.5) is 28.4 Å². The van der Waals surface area contributed by atoms with Crippen LogP contribution in [0.5, 0.6) is 0 Å². The molecule has 7 N–H and O–H groups in total. The molecule has 0 unspecified atom stereocenters. The maximum absolute atomic E-state index is 10.5. The van der Waals surface area contributed by atoms with Crippen LogP contribution in [0.15, 0.2) is 36.4 Å². The first kappa shape index (κ1) is 43.6. The van der Waals surface area contributed by atoms with E-state index < -0.39 is 9.85 Å². The number of hydrogen-bond acceptors (Lipinski definition) is 13. The normalized spacial score (nSPS) is 8.59. The van der Waals surface area contributed by atoms with Crippen LogP contribution in [-0.2, 0) is 9.68 Å². The molecule has 0 aliphatic heterocycles. The first-order chi connectivity index (χ1) is 16.5. The number of benzene rings is 2. The molecule has 0 saturated heterocycles. The molecule has 15 nitrogen and oxygen atoms in total. The van der Waals surface area contributed by atoms with Gasteiger partial charge in [0.25, 0.3) is 17.8 Å². The number of nitrogens with one attached hydrogen (secondary N) is 1. The summed E-state index contributed by atoms with van der Waals surface area (Å²) in [6.07, 6.45) is 0. The van der Waals surface area contributed by atoms with Crippen molar-refractivity contribution < 1.29 is 139 Å². The molecule has 2 aromatic rings. The summed E-state index contributed by atoms with van der Waals surface area (Å²) in [5.41, 5.74) is 11.6. The van der Waals surface area contributed by atoms with E-state index in [1.54, 1.807) is 25.1 Å². The number of aliphatic hydroxyl groups excluding tert-OH is 2. The Morgan fingerprint density at radius 1 is 1.05 bits per heavy atom. The second-order valence-corrected chi connectivity index (χ2v) is 6.56. The molecule has 0 amide bonds. The third-order valence-corrected chi connectivity index (χ3v) is 3.91. The van der Waals surface area contributed by atoms with Gasteiger partial charge in [-0.15, -0.1) is 0 Å². The van der Waals surface area contributed by atoms with E-state index in [0.29, 0.717) is 18.1 Å². The average molecular weight is 599 g/mol. The fourth-order valence-corrected chi connectivity index (χ4v) is 2.21. The molecule has 0 radical (unpaired) electrons. The minimum Gasteiger partial charge on any atom is -1.00 e. The summed E-state index contributed by atoms with van der Waals surface area (Å²) in [6.45, 7) is 1.22. The van der Waals surface area contributed by atoms with Gasteiger partial charge in [-0.3, -0.25) is 25.0 Å². The molecular formula is C19H29ClK2N6O9. The molecule has 0 aliphatic rings. The van der Waals surface area contributed by atoms with Gasteiger partial charge in [0.1, 0.15) is 11.4 Å². The first-order valence-electron chi connectivity index (χ1n) is 9.53. The minimum absolute atomic E-state index is 0. The summed E-state index contributed by atoms with van der Waals surface area (Å²) < 4.78 is 0. The SMILES string of the molecule is CN(CCO)c1ccc([N+](=O)[O-])c(N)c1.CNCCO.Nc1cc(Cl)ccc1[N+](=O)[O-].O=CO[O-].[H-].[K+].[K+]. The van der Waals surface area contributed by atoms with Gasteiger partial charge >= 0.3 is 103 Å². The zero-order valence-corrected chi connectivity index (χ0v) is 28.0. The largest absolute Gasteiger partial charge is 1.00 e. The Morgan fingerprint density at radius 3 is 1.81 bits per heavy atom. The van der Waals surface area contributed by atoms with Crippen LogP contribution >= 0.6 is 11.6 Å². The van der Waals surface area contributed by atoms with E-state index >= 15 is 0 Å². The molecule has 198 valence electrons. The van der Waals surface area contributed by atoms with Crippen LogP contribution in [0, 0.1) is 20.2 Å². The number of carbonyl (C=O) groups is 1. The van der Waals surface area contributed by atoms with Crippen molar-refractivity contribution in [2.24, 2.45) is 0 Å². The number of hydrogen-bond donors (Lipinski definition) is 5. The molecule has 18 heteroatoms. The van der Waals surface area contributed by atoms with Crippen LogP contribution in [0.3, 0.4) is 0 Å². The second kappa shape index (κ2) is 27.1. The van der Waals surface area contributed by atoms with Crippen LogP contribution in [-0.4, -0.2) is 66.9 Å². The second-order valence-electron chi connectivity index (χ2n) is 6.13. The molecule has 0 bridgehead atoms. The smallest absolute Gasteiger partial charge is 1.00 e. The number of nitro groups is 2. The predicted molar refractivity (Wildman–Crippen MR) is 130 cm³/mol. The van der Waals surface area contributed by atoms with Crippen LogP contribution in [0.25, 0.3) is 0 Å². The molecule has 2 rings (SSSR count). The van der Waals surface area contributed by atoms with Crippen molar-refractivity contribution >= 4 is 46.5 Å². The van der Waals surface area contributed by atoms with Crippen LogP contribution in [0.2, 0.25) is 5.02 Å². The number of likely N-dealkylation sites (N-methyl/N-ethyl adjacent to an activating group) is 2. The number of rotatable bonds is 8. The van der Waals surface area contributed by atoms with Gasteiger partial charge < -0.3 is 43.5 Å². The monoisotopic (exact) mass is 598 g/mol. The molecule has 0 saturated carbocycles. The van der Waals surface area contributed by atoms with Gasteiger partial charge in [0.05, 0.1) is 23.1 Å². The number of anilines is 3. The van der Waals surface area contributed by atoms with Crippen molar-refractivity contribution in [3.8, 4) is 0 Å².